The third kappa shape index (κ3) is 4.24. The van der Waals surface area contributed by atoms with Gasteiger partial charge in [0, 0.05) is 10.1 Å². The third-order valence-electron chi connectivity index (χ3n) is 1.48. The van der Waals surface area contributed by atoms with E-state index in [4.69, 9.17) is 28.3 Å². The van der Waals surface area contributed by atoms with Crippen LogP contribution in [0.4, 0.5) is 0 Å². The lowest BCUT2D eigenvalue weighted by Crippen LogP contribution is -2.05. The molecule has 0 amide bonds. The number of carbonyl (C=O) groups is 1. The SMILES string of the molecule is CC(CC(=O)O)Sc1cc(Cl)nnc1Cl. The summed E-state index contributed by atoms with van der Waals surface area (Å²) >= 11 is 12.7. The monoisotopic (exact) mass is 266 g/mol. The zero-order valence-electron chi connectivity index (χ0n) is 7.78. The van der Waals surface area contributed by atoms with E-state index in [0.29, 0.717) is 4.90 Å². The van der Waals surface area contributed by atoms with Crippen molar-refractivity contribution in [3.63, 3.8) is 0 Å². The molecule has 0 saturated carbocycles. The van der Waals surface area contributed by atoms with Crippen LogP contribution in [0.1, 0.15) is 13.3 Å². The lowest BCUT2D eigenvalue weighted by Gasteiger charge is -2.08. The number of hydrogen-bond donors (Lipinski definition) is 1. The standard InChI is InChI=1S/C8H8Cl2N2O2S/c1-4(2-7(13)14)15-5-3-6(9)11-12-8(5)10/h3-4H,2H2,1H3,(H,13,14). The number of aromatic nitrogens is 2. The van der Waals surface area contributed by atoms with Crippen LogP contribution in [0.3, 0.4) is 0 Å². The quantitative estimate of drug-likeness (QED) is 0.850. The van der Waals surface area contributed by atoms with Gasteiger partial charge in [0.15, 0.2) is 10.3 Å². The summed E-state index contributed by atoms with van der Waals surface area (Å²) in [7, 11) is 0. The van der Waals surface area contributed by atoms with Crippen LogP contribution in [-0.2, 0) is 4.79 Å². The molecule has 7 heteroatoms. The van der Waals surface area contributed by atoms with E-state index in [1.54, 1.807) is 13.0 Å². The van der Waals surface area contributed by atoms with Crippen LogP contribution in [0.5, 0.6) is 0 Å². The molecule has 1 unspecified atom stereocenters. The molecule has 0 fully saturated rings. The van der Waals surface area contributed by atoms with Crippen LogP contribution >= 0.6 is 35.0 Å². The Morgan fingerprint density at radius 3 is 2.87 bits per heavy atom. The molecule has 1 N–H and O–H groups in total. The van der Waals surface area contributed by atoms with Crippen LogP contribution in [0.25, 0.3) is 0 Å². The minimum absolute atomic E-state index is 0.0565. The minimum Gasteiger partial charge on any atom is -0.481 e. The van der Waals surface area contributed by atoms with E-state index in [0.717, 1.165) is 0 Å². The van der Waals surface area contributed by atoms with E-state index in [1.807, 2.05) is 0 Å². The number of rotatable bonds is 4. The number of carboxylic acids is 1. The summed E-state index contributed by atoms with van der Waals surface area (Å²) in [5, 5.41) is 16.2. The highest BCUT2D eigenvalue weighted by Crippen LogP contribution is 2.31. The predicted octanol–water partition coefficient (Wildman–Crippen LogP) is 2.74. The van der Waals surface area contributed by atoms with Crippen molar-refractivity contribution < 1.29 is 9.90 Å². The fraction of sp³-hybridized carbons (Fsp3) is 0.375. The van der Waals surface area contributed by atoms with Crippen molar-refractivity contribution >= 4 is 40.9 Å². The van der Waals surface area contributed by atoms with Crippen LogP contribution in [-0.4, -0.2) is 26.5 Å². The molecule has 0 spiro atoms. The number of nitrogens with zero attached hydrogens (tertiary/aromatic N) is 2. The van der Waals surface area contributed by atoms with Gasteiger partial charge < -0.3 is 5.11 Å². The zero-order chi connectivity index (χ0) is 11.4. The lowest BCUT2D eigenvalue weighted by molar-refractivity contribution is -0.136. The molecule has 1 aromatic rings. The molecule has 1 atom stereocenters. The second-order valence-electron chi connectivity index (χ2n) is 2.85. The Balaban J connectivity index is 2.71. The third-order valence-corrected chi connectivity index (χ3v) is 3.19. The molecular weight excluding hydrogens is 259 g/mol. The topological polar surface area (TPSA) is 63.1 Å². The first-order chi connectivity index (χ1) is 6.99. The van der Waals surface area contributed by atoms with Gasteiger partial charge in [0.2, 0.25) is 0 Å². The molecule has 4 nitrogen and oxygen atoms in total. The smallest absolute Gasteiger partial charge is 0.304 e. The largest absolute Gasteiger partial charge is 0.481 e. The maximum Gasteiger partial charge on any atom is 0.304 e. The number of hydrogen-bond acceptors (Lipinski definition) is 4. The Morgan fingerprint density at radius 1 is 1.60 bits per heavy atom. The van der Waals surface area contributed by atoms with Crippen molar-refractivity contribution in [1.82, 2.24) is 10.2 Å². The average Bonchev–Trinajstić information content (AvgIpc) is 2.10. The minimum atomic E-state index is -0.848. The summed E-state index contributed by atoms with van der Waals surface area (Å²) in [6.45, 7) is 1.80. The molecule has 1 rings (SSSR count). The normalized spacial score (nSPS) is 12.5. The second kappa shape index (κ2) is 5.53. The lowest BCUT2D eigenvalue weighted by atomic mass is 10.3. The molecule has 15 heavy (non-hydrogen) atoms. The van der Waals surface area contributed by atoms with Crippen molar-refractivity contribution in [1.29, 1.82) is 0 Å². The molecule has 82 valence electrons. The highest BCUT2D eigenvalue weighted by molar-refractivity contribution is 8.00. The Kier molecular flexibility index (Phi) is 4.63. The summed E-state index contributed by atoms with van der Waals surface area (Å²) < 4.78 is 0. The van der Waals surface area contributed by atoms with Gasteiger partial charge in [0.25, 0.3) is 0 Å². The molecule has 0 bridgehead atoms. The van der Waals surface area contributed by atoms with Crippen molar-refractivity contribution in [2.45, 2.75) is 23.5 Å². The summed E-state index contributed by atoms with van der Waals surface area (Å²) in [6.07, 6.45) is 0.0565. The van der Waals surface area contributed by atoms with Gasteiger partial charge in [-0.15, -0.1) is 22.0 Å². The van der Waals surface area contributed by atoms with Crippen molar-refractivity contribution in [2.75, 3.05) is 0 Å². The van der Waals surface area contributed by atoms with E-state index < -0.39 is 5.97 Å². The molecule has 1 heterocycles. The van der Waals surface area contributed by atoms with E-state index in [2.05, 4.69) is 10.2 Å². The Hall–Kier alpha value is -0.520. The highest BCUT2D eigenvalue weighted by Gasteiger charge is 2.12. The van der Waals surface area contributed by atoms with Gasteiger partial charge in [-0.3, -0.25) is 4.79 Å². The number of aliphatic carboxylic acids is 1. The first-order valence-electron chi connectivity index (χ1n) is 4.06. The maximum absolute atomic E-state index is 10.5. The molecule has 0 aliphatic heterocycles. The summed E-state index contributed by atoms with van der Waals surface area (Å²) in [6, 6.07) is 1.57. The summed E-state index contributed by atoms with van der Waals surface area (Å²) in [4.78, 5) is 11.1. The first kappa shape index (κ1) is 12.5. The summed E-state index contributed by atoms with van der Waals surface area (Å²) in [5.41, 5.74) is 0. The molecule has 0 aliphatic carbocycles. The van der Waals surface area contributed by atoms with Gasteiger partial charge in [-0.05, 0) is 6.07 Å². The fourth-order valence-electron chi connectivity index (χ4n) is 0.925. The Labute approximate surface area is 101 Å². The second-order valence-corrected chi connectivity index (χ2v) is 5.07. The Bertz CT molecular complexity index is 376. The van der Waals surface area contributed by atoms with Gasteiger partial charge in [-0.25, -0.2) is 0 Å². The molecule has 1 aromatic heterocycles. The van der Waals surface area contributed by atoms with Gasteiger partial charge >= 0.3 is 5.97 Å². The number of thioether (sulfide) groups is 1. The van der Waals surface area contributed by atoms with Gasteiger partial charge in [-0.2, -0.15) is 0 Å². The van der Waals surface area contributed by atoms with Gasteiger partial charge in [-0.1, -0.05) is 30.1 Å². The Morgan fingerprint density at radius 2 is 2.27 bits per heavy atom. The van der Waals surface area contributed by atoms with Crippen LogP contribution in [0.2, 0.25) is 10.3 Å². The van der Waals surface area contributed by atoms with Crippen LogP contribution in [0, 0.1) is 0 Å². The molecule has 0 aliphatic rings. The average molecular weight is 267 g/mol. The molecule has 0 saturated heterocycles. The van der Waals surface area contributed by atoms with E-state index in [-0.39, 0.29) is 22.0 Å². The number of halogens is 2. The fourth-order valence-corrected chi connectivity index (χ4v) is 2.34. The molecule has 0 aromatic carbocycles. The van der Waals surface area contributed by atoms with Gasteiger partial charge in [0.05, 0.1) is 6.42 Å². The molecular formula is C8H8Cl2N2O2S. The summed E-state index contributed by atoms with van der Waals surface area (Å²) in [5.74, 6) is -0.848. The van der Waals surface area contributed by atoms with Crippen LogP contribution < -0.4 is 0 Å². The predicted molar refractivity (Wildman–Crippen MR) is 59.6 cm³/mol. The maximum atomic E-state index is 10.5. The van der Waals surface area contributed by atoms with E-state index in [9.17, 15) is 4.79 Å². The van der Waals surface area contributed by atoms with Crippen LogP contribution in [0.15, 0.2) is 11.0 Å². The number of carboxylic acid groups (broad SMARTS) is 1. The van der Waals surface area contributed by atoms with Crippen molar-refractivity contribution in [3.05, 3.63) is 16.4 Å². The molecule has 0 radical (unpaired) electrons. The van der Waals surface area contributed by atoms with Crippen molar-refractivity contribution in [3.8, 4) is 0 Å². The zero-order valence-corrected chi connectivity index (χ0v) is 10.1. The van der Waals surface area contributed by atoms with E-state index >= 15 is 0 Å². The van der Waals surface area contributed by atoms with E-state index in [1.165, 1.54) is 11.8 Å². The first-order valence-corrected chi connectivity index (χ1v) is 5.69. The van der Waals surface area contributed by atoms with Gasteiger partial charge in [0.1, 0.15) is 0 Å². The van der Waals surface area contributed by atoms with Crippen molar-refractivity contribution in [2.24, 2.45) is 0 Å². The highest BCUT2D eigenvalue weighted by atomic mass is 35.5.